The van der Waals surface area contributed by atoms with Crippen LogP contribution >= 0.6 is 0 Å². The molecule has 58 heavy (non-hydrogen) atoms. The van der Waals surface area contributed by atoms with Crippen LogP contribution in [-0.4, -0.2) is 99.0 Å². The Morgan fingerprint density at radius 1 is 0.948 bits per heavy atom. The molecule has 11 atom stereocenters. The molecule has 4 aliphatic rings. The van der Waals surface area contributed by atoms with Crippen molar-refractivity contribution in [3.8, 4) is 0 Å². The third kappa shape index (κ3) is 7.11. The number of aliphatic hydroxyl groups excluding tert-OH is 2. The number of amides is 1. The number of alkyl carbamates (subject to hydrolysis) is 1. The van der Waals surface area contributed by atoms with Gasteiger partial charge in [0.1, 0.15) is 35.6 Å². The summed E-state index contributed by atoms with van der Waals surface area (Å²) in [6.45, 7) is 13.8. The standard InChI is InChI=1S/C44H55NO13/c1-23-28(55-37(50)24(2)32(26-16-12-10-13-17-26)45-39(52)58-40(4,5)6)21-44(53)36(56-38(51)27-18-14-11-15-19-27)34-42(9,35(49)33(48)31(23)41(44,7)8)29(47)20-30-43(34,22-54-30)57-25(3)46/h10-19,24,28-30,32-34,36,47-48,53H,20-22H2,1-9H3,(H,45,52)/t24-,28+,29?,30?,32-,33?,34?,36?,42-,43+,44?/m1/s1. The van der Waals surface area contributed by atoms with E-state index >= 15 is 0 Å². The number of aliphatic hydroxyl groups is 3. The molecule has 2 bridgehead atoms. The number of hydrogen-bond acceptors (Lipinski definition) is 13. The second kappa shape index (κ2) is 15.2. The first-order chi connectivity index (χ1) is 27.0. The second-order valence-corrected chi connectivity index (χ2v) is 17.9. The Bertz CT molecular complexity index is 1970. The first-order valence-corrected chi connectivity index (χ1v) is 19.7. The Morgan fingerprint density at radius 2 is 1.55 bits per heavy atom. The van der Waals surface area contributed by atoms with E-state index in [9.17, 15) is 39.3 Å². The molecule has 2 aromatic rings. The number of rotatable bonds is 8. The van der Waals surface area contributed by atoms with Crippen molar-refractivity contribution in [1.82, 2.24) is 5.32 Å². The molecule has 14 heteroatoms. The highest BCUT2D eigenvalue weighted by Crippen LogP contribution is 2.64. The Balaban J connectivity index is 1.49. The zero-order valence-electron chi connectivity index (χ0n) is 34.4. The van der Waals surface area contributed by atoms with Gasteiger partial charge in [0.05, 0.1) is 41.6 Å². The molecule has 14 nitrogen and oxygen atoms in total. The van der Waals surface area contributed by atoms with E-state index in [0.29, 0.717) is 5.56 Å². The minimum atomic E-state index is -2.27. The first kappa shape index (κ1) is 43.0. The van der Waals surface area contributed by atoms with E-state index in [1.807, 2.05) is 0 Å². The van der Waals surface area contributed by atoms with Gasteiger partial charge in [0.25, 0.3) is 0 Å². The van der Waals surface area contributed by atoms with Gasteiger partial charge in [-0.25, -0.2) is 9.59 Å². The SMILES string of the molecule is CC(=O)O[C@@]12COC1CC(O)[C@@]1(C)C(=O)C(O)C3=C(C)[C@@H](OC(=O)[C@H](C)[C@@H](NC(=O)OC(C)(C)C)c4ccccc4)CC(O)(C(OC(=O)c4ccccc4)C21)C3(C)C. The maximum Gasteiger partial charge on any atom is 0.408 e. The van der Waals surface area contributed by atoms with Gasteiger partial charge in [0.15, 0.2) is 11.4 Å². The smallest absolute Gasteiger partial charge is 0.408 e. The van der Waals surface area contributed by atoms with E-state index in [-0.39, 0.29) is 29.7 Å². The molecule has 1 aliphatic heterocycles. The summed E-state index contributed by atoms with van der Waals surface area (Å²) in [5.74, 6) is -5.80. The lowest BCUT2D eigenvalue weighted by Gasteiger charge is -2.67. The molecule has 2 saturated carbocycles. The number of nitrogens with one attached hydrogen (secondary N) is 1. The third-order valence-corrected chi connectivity index (χ3v) is 12.9. The number of ketones is 1. The molecule has 3 fully saturated rings. The van der Waals surface area contributed by atoms with Crippen LogP contribution in [0.1, 0.15) is 97.1 Å². The van der Waals surface area contributed by atoms with Gasteiger partial charge in [0, 0.05) is 25.2 Å². The van der Waals surface area contributed by atoms with Gasteiger partial charge in [-0.1, -0.05) is 62.4 Å². The summed E-state index contributed by atoms with van der Waals surface area (Å²) >= 11 is 0. The van der Waals surface area contributed by atoms with Gasteiger partial charge in [-0.2, -0.15) is 0 Å². The van der Waals surface area contributed by atoms with E-state index in [2.05, 4.69) is 5.32 Å². The number of fused-ring (bicyclic) bond motifs is 5. The van der Waals surface area contributed by atoms with Crippen LogP contribution in [0.25, 0.3) is 0 Å². The molecule has 4 N–H and O–H groups in total. The van der Waals surface area contributed by atoms with Crippen LogP contribution in [-0.2, 0) is 38.1 Å². The maximum absolute atomic E-state index is 15.0. The van der Waals surface area contributed by atoms with Crippen LogP contribution in [0.3, 0.4) is 0 Å². The molecule has 314 valence electrons. The minimum absolute atomic E-state index is 0.0179. The molecule has 2 aromatic carbocycles. The lowest BCUT2D eigenvalue weighted by molar-refractivity contribution is -0.346. The third-order valence-electron chi connectivity index (χ3n) is 12.9. The average molecular weight is 806 g/mol. The van der Waals surface area contributed by atoms with Gasteiger partial charge < -0.3 is 44.3 Å². The normalized spacial score (nSPS) is 33.7. The number of hydrogen-bond donors (Lipinski definition) is 4. The van der Waals surface area contributed by atoms with E-state index in [4.69, 9.17) is 23.7 Å². The largest absolute Gasteiger partial charge is 0.457 e. The van der Waals surface area contributed by atoms with Crippen molar-refractivity contribution in [2.75, 3.05) is 6.61 Å². The quantitative estimate of drug-likeness (QED) is 0.165. The summed E-state index contributed by atoms with van der Waals surface area (Å²) in [5.41, 5.74) is -7.35. The van der Waals surface area contributed by atoms with Gasteiger partial charge in [-0.15, -0.1) is 0 Å². The van der Waals surface area contributed by atoms with Crippen molar-refractivity contribution in [2.45, 2.75) is 129 Å². The molecule has 3 aliphatic carbocycles. The van der Waals surface area contributed by atoms with Gasteiger partial charge in [-0.05, 0) is 70.4 Å². The van der Waals surface area contributed by atoms with Crippen LogP contribution in [0, 0.1) is 22.7 Å². The molecule has 0 aromatic heterocycles. The lowest BCUT2D eigenvalue weighted by atomic mass is 9.44. The summed E-state index contributed by atoms with van der Waals surface area (Å²) < 4.78 is 30.0. The Labute approximate surface area is 338 Å². The average Bonchev–Trinajstić information content (AvgIpc) is 3.14. The molecule has 6 rings (SSSR count). The maximum atomic E-state index is 15.0. The zero-order chi connectivity index (χ0) is 42.7. The topological polar surface area (TPSA) is 204 Å². The van der Waals surface area contributed by atoms with Crippen LogP contribution in [0.2, 0.25) is 0 Å². The van der Waals surface area contributed by atoms with Crippen LogP contribution in [0.15, 0.2) is 71.8 Å². The zero-order valence-corrected chi connectivity index (χ0v) is 34.4. The van der Waals surface area contributed by atoms with Crippen LogP contribution in [0.5, 0.6) is 0 Å². The van der Waals surface area contributed by atoms with Crippen molar-refractivity contribution in [1.29, 1.82) is 0 Å². The molecule has 0 radical (unpaired) electrons. The van der Waals surface area contributed by atoms with Crippen LogP contribution in [0.4, 0.5) is 4.79 Å². The highest BCUT2D eigenvalue weighted by Gasteiger charge is 2.78. The lowest BCUT2D eigenvalue weighted by Crippen LogP contribution is -2.81. The molecular weight excluding hydrogens is 750 g/mol. The van der Waals surface area contributed by atoms with Gasteiger partial charge in [0.2, 0.25) is 0 Å². The minimum Gasteiger partial charge on any atom is -0.457 e. The van der Waals surface area contributed by atoms with Crippen LogP contribution < -0.4 is 5.32 Å². The number of carbonyl (C=O) groups is 5. The molecule has 1 heterocycles. The fourth-order valence-electron chi connectivity index (χ4n) is 9.75. The van der Waals surface area contributed by atoms with E-state index in [1.165, 1.54) is 26.0 Å². The fourth-order valence-corrected chi connectivity index (χ4v) is 9.75. The number of Topliss-reactive ketones (excluding diaryl/α,β-unsaturated/α-hetero) is 1. The molecular formula is C44H55NO13. The van der Waals surface area contributed by atoms with Crippen molar-refractivity contribution in [2.24, 2.45) is 22.7 Å². The summed E-state index contributed by atoms with van der Waals surface area (Å²) in [5, 5.41) is 40.4. The van der Waals surface area contributed by atoms with Gasteiger partial charge in [-0.3, -0.25) is 14.4 Å². The summed E-state index contributed by atoms with van der Waals surface area (Å²) in [6, 6.07) is 15.8. The summed E-state index contributed by atoms with van der Waals surface area (Å²) in [4.78, 5) is 69.4. The molecule has 1 amide bonds. The van der Waals surface area contributed by atoms with Crippen molar-refractivity contribution in [3.63, 3.8) is 0 Å². The molecule has 6 unspecified atom stereocenters. The Morgan fingerprint density at radius 3 is 2.10 bits per heavy atom. The summed E-state index contributed by atoms with van der Waals surface area (Å²) in [6.07, 6.45) is -8.79. The van der Waals surface area contributed by atoms with E-state index < -0.39 is 112 Å². The summed E-state index contributed by atoms with van der Waals surface area (Å²) in [7, 11) is 0. The number of carbonyl (C=O) groups excluding carboxylic acids is 5. The number of ether oxygens (including phenoxy) is 5. The van der Waals surface area contributed by atoms with E-state index in [0.717, 1.165) is 0 Å². The number of esters is 3. The second-order valence-electron chi connectivity index (χ2n) is 17.9. The van der Waals surface area contributed by atoms with Crippen molar-refractivity contribution in [3.05, 3.63) is 82.9 Å². The first-order valence-electron chi connectivity index (χ1n) is 19.7. The molecule has 0 spiro atoms. The number of benzene rings is 2. The highest BCUT2D eigenvalue weighted by atomic mass is 16.6. The highest BCUT2D eigenvalue weighted by molar-refractivity contribution is 5.94. The fraction of sp³-hybridized carbons (Fsp3) is 0.568. The van der Waals surface area contributed by atoms with Crippen molar-refractivity contribution >= 4 is 29.8 Å². The predicted octanol–water partition coefficient (Wildman–Crippen LogP) is 4.53. The van der Waals surface area contributed by atoms with Gasteiger partial charge >= 0.3 is 24.0 Å². The van der Waals surface area contributed by atoms with Crippen molar-refractivity contribution < 1.29 is 63.0 Å². The van der Waals surface area contributed by atoms with E-state index in [1.54, 1.807) is 97.0 Å². The molecule has 1 saturated heterocycles. The Hall–Kier alpha value is -4.63. The monoisotopic (exact) mass is 805 g/mol. The Kier molecular flexibility index (Phi) is 11.3. The predicted molar refractivity (Wildman–Crippen MR) is 207 cm³/mol.